The number of carbonyl (C=O) groups excluding carboxylic acids is 1. The standard InChI is InChI=1S/C22H30ClN5O2/c1-27(2)21-13-19(16-5-4-11-24-14-16)25-20(26-21)15-28(3)22(29)10-12-30-18-8-6-17(23)7-9-18/h6-9,13,16,24H,4-5,10-12,14-15H2,1-3H3/t16-/m1/s1. The fourth-order valence-corrected chi connectivity index (χ4v) is 3.52. The van der Waals surface area contributed by atoms with Crippen LogP contribution in [-0.2, 0) is 11.3 Å². The van der Waals surface area contributed by atoms with Crippen molar-refractivity contribution in [3.05, 3.63) is 46.9 Å². The number of benzene rings is 1. The molecule has 1 N–H and O–H groups in total. The molecule has 1 fully saturated rings. The summed E-state index contributed by atoms with van der Waals surface area (Å²) in [5, 5.41) is 4.09. The van der Waals surface area contributed by atoms with E-state index in [1.165, 1.54) is 0 Å². The molecule has 0 aliphatic carbocycles. The van der Waals surface area contributed by atoms with E-state index in [0.29, 0.717) is 35.7 Å². The smallest absolute Gasteiger partial charge is 0.226 e. The number of hydrogen-bond acceptors (Lipinski definition) is 6. The van der Waals surface area contributed by atoms with Crippen molar-refractivity contribution in [1.29, 1.82) is 0 Å². The Balaban J connectivity index is 1.59. The van der Waals surface area contributed by atoms with Crippen LogP contribution in [0.25, 0.3) is 0 Å². The Morgan fingerprint density at radius 1 is 1.23 bits per heavy atom. The van der Waals surface area contributed by atoms with E-state index < -0.39 is 0 Å². The van der Waals surface area contributed by atoms with Crippen molar-refractivity contribution in [2.75, 3.05) is 45.7 Å². The van der Waals surface area contributed by atoms with E-state index in [2.05, 4.69) is 16.4 Å². The fourth-order valence-electron chi connectivity index (χ4n) is 3.39. The van der Waals surface area contributed by atoms with Gasteiger partial charge in [0.2, 0.25) is 5.91 Å². The van der Waals surface area contributed by atoms with E-state index in [1.54, 1.807) is 36.2 Å². The minimum atomic E-state index is -0.0105. The topological polar surface area (TPSA) is 70.6 Å². The lowest BCUT2D eigenvalue weighted by atomic mass is 9.96. The maximum atomic E-state index is 12.5. The van der Waals surface area contributed by atoms with Gasteiger partial charge in [-0.05, 0) is 43.7 Å². The number of carbonyl (C=O) groups is 1. The molecule has 2 heterocycles. The van der Waals surface area contributed by atoms with Gasteiger partial charge in [0.25, 0.3) is 0 Å². The lowest BCUT2D eigenvalue weighted by Crippen LogP contribution is -2.31. The van der Waals surface area contributed by atoms with Gasteiger partial charge in [-0.2, -0.15) is 0 Å². The monoisotopic (exact) mass is 431 g/mol. The molecule has 1 aliphatic heterocycles. The molecule has 2 aromatic rings. The Bertz CT molecular complexity index is 838. The molecule has 0 saturated carbocycles. The van der Waals surface area contributed by atoms with Gasteiger partial charge in [-0.3, -0.25) is 4.79 Å². The van der Waals surface area contributed by atoms with Gasteiger partial charge < -0.3 is 19.9 Å². The maximum Gasteiger partial charge on any atom is 0.226 e. The van der Waals surface area contributed by atoms with Gasteiger partial charge in [-0.1, -0.05) is 11.6 Å². The quantitative estimate of drug-likeness (QED) is 0.692. The molecule has 1 saturated heterocycles. The highest BCUT2D eigenvalue weighted by Crippen LogP contribution is 2.24. The minimum Gasteiger partial charge on any atom is -0.493 e. The number of halogens is 1. The molecule has 1 aromatic heterocycles. The number of nitrogens with one attached hydrogen (secondary N) is 1. The molecule has 1 amide bonds. The van der Waals surface area contributed by atoms with E-state index in [1.807, 2.05) is 19.0 Å². The Kier molecular flexibility index (Phi) is 7.87. The number of aromatic nitrogens is 2. The van der Waals surface area contributed by atoms with Gasteiger partial charge in [0.05, 0.1) is 25.3 Å². The molecule has 30 heavy (non-hydrogen) atoms. The van der Waals surface area contributed by atoms with Crippen LogP contribution in [0.5, 0.6) is 5.75 Å². The van der Waals surface area contributed by atoms with Gasteiger partial charge in [0.15, 0.2) is 0 Å². The first-order valence-corrected chi connectivity index (χ1v) is 10.7. The summed E-state index contributed by atoms with van der Waals surface area (Å²) in [6, 6.07) is 9.17. The highest BCUT2D eigenvalue weighted by atomic mass is 35.5. The molecule has 8 heteroatoms. The molecule has 1 atom stereocenters. The van der Waals surface area contributed by atoms with Gasteiger partial charge in [0, 0.05) is 44.7 Å². The lowest BCUT2D eigenvalue weighted by molar-refractivity contribution is -0.131. The zero-order valence-electron chi connectivity index (χ0n) is 17.9. The van der Waals surface area contributed by atoms with Crippen LogP contribution < -0.4 is 15.0 Å². The number of piperidine rings is 1. The molecule has 7 nitrogen and oxygen atoms in total. The zero-order chi connectivity index (χ0) is 21.5. The van der Waals surface area contributed by atoms with Crippen LogP contribution in [0.3, 0.4) is 0 Å². The first kappa shape index (κ1) is 22.3. The second-order valence-electron chi connectivity index (χ2n) is 7.81. The molecule has 0 bridgehead atoms. The fraction of sp³-hybridized carbons (Fsp3) is 0.500. The van der Waals surface area contributed by atoms with Crippen molar-refractivity contribution in [2.24, 2.45) is 0 Å². The second kappa shape index (κ2) is 10.6. The summed E-state index contributed by atoms with van der Waals surface area (Å²) in [6.07, 6.45) is 2.55. The van der Waals surface area contributed by atoms with E-state index >= 15 is 0 Å². The average Bonchev–Trinajstić information content (AvgIpc) is 2.75. The first-order chi connectivity index (χ1) is 14.4. The maximum absolute atomic E-state index is 12.5. The number of anilines is 1. The van der Waals surface area contributed by atoms with Gasteiger partial charge >= 0.3 is 0 Å². The largest absolute Gasteiger partial charge is 0.493 e. The molecule has 3 rings (SSSR count). The zero-order valence-corrected chi connectivity index (χ0v) is 18.7. The third-order valence-electron chi connectivity index (χ3n) is 5.15. The van der Waals surface area contributed by atoms with Crippen LogP contribution in [0.1, 0.15) is 36.7 Å². The summed E-state index contributed by atoms with van der Waals surface area (Å²) in [5.74, 6) is 2.60. The van der Waals surface area contributed by atoms with E-state index in [9.17, 15) is 4.79 Å². The molecule has 0 unspecified atom stereocenters. The molecular formula is C22H30ClN5O2. The molecule has 0 radical (unpaired) electrons. The van der Waals surface area contributed by atoms with Crippen molar-refractivity contribution in [3.63, 3.8) is 0 Å². The van der Waals surface area contributed by atoms with Crippen LogP contribution in [0, 0.1) is 0 Å². The highest BCUT2D eigenvalue weighted by Gasteiger charge is 2.20. The Hall–Kier alpha value is -2.38. The van der Waals surface area contributed by atoms with Crippen LogP contribution in [0.4, 0.5) is 5.82 Å². The predicted octanol–water partition coefficient (Wildman–Crippen LogP) is 3.09. The van der Waals surface area contributed by atoms with Gasteiger partial charge in [-0.25, -0.2) is 9.97 Å². The predicted molar refractivity (Wildman–Crippen MR) is 119 cm³/mol. The number of nitrogens with zero attached hydrogens (tertiary/aromatic N) is 4. The van der Waals surface area contributed by atoms with Gasteiger partial charge in [0.1, 0.15) is 17.4 Å². The summed E-state index contributed by atoms with van der Waals surface area (Å²) in [5.41, 5.74) is 1.04. The normalized spacial score (nSPS) is 16.2. The summed E-state index contributed by atoms with van der Waals surface area (Å²) in [6.45, 7) is 2.67. The van der Waals surface area contributed by atoms with Crippen molar-refractivity contribution in [3.8, 4) is 5.75 Å². The minimum absolute atomic E-state index is 0.0105. The summed E-state index contributed by atoms with van der Waals surface area (Å²) < 4.78 is 5.63. The average molecular weight is 432 g/mol. The Labute approximate surface area is 183 Å². The Morgan fingerprint density at radius 2 is 2.00 bits per heavy atom. The van der Waals surface area contributed by atoms with E-state index in [4.69, 9.17) is 21.3 Å². The number of hydrogen-bond donors (Lipinski definition) is 1. The van der Waals surface area contributed by atoms with Gasteiger partial charge in [-0.15, -0.1) is 0 Å². The van der Waals surface area contributed by atoms with Crippen molar-refractivity contribution < 1.29 is 9.53 Å². The van der Waals surface area contributed by atoms with E-state index in [0.717, 1.165) is 37.4 Å². The van der Waals surface area contributed by atoms with Crippen molar-refractivity contribution in [2.45, 2.75) is 31.7 Å². The third-order valence-corrected chi connectivity index (χ3v) is 5.41. The summed E-state index contributed by atoms with van der Waals surface area (Å²) in [7, 11) is 5.72. The number of amides is 1. The molecule has 162 valence electrons. The third kappa shape index (κ3) is 6.31. The van der Waals surface area contributed by atoms with Crippen molar-refractivity contribution in [1.82, 2.24) is 20.2 Å². The first-order valence-electron chi connectivity index (χ1n) is 10.3. The summed E-state index contributed by atoms with van der Waals surface area (Å²) in [4.78, 5) is 25.6. The van der Waals surface area contributed by atoms with Crippen LogP contribution in [0.2, 0.25) is 5.02 Å². The second-order valence-corrected chi connectivity index (χ2v) is 8.24. The van der Waals surface area contributed by atoms with Crippen LogP contribution >= 0.6 is 11.6 Å². The summed E-state index contributed by atoms with van der Waals surface area (Å²) >= 11 is 5.87. The number of rotatable bonds is 8. The molecule has 1 aromatic carbocycles. The Morgan fingerprint density at radius 3 is 2.67 bits per heavy atom. The van der Waals surface area contributed by atoms with Crippen LogP contribution in [0.15, 0.2) is 30.3 Å². The molecule has 1 aliphatic rings. The van der Waals surface area contributed by atoms with Crippen LogP contribution in [-0.4, -0.2) is 61.6 Å². The molecular weight excluding hydrogens is 402 g/mol. The highest BCUT2D eigenvalue weighted by molar-refractivity contribution is 6.30. The SMILES string of the molecule is CN(Cc1nc([C@@H]2CCCNC2)cc(N(C)C)n1)C(=O)CCOc1ccc(Cl)cc1. The molecule has 0 spiro atoms. The lowest BCUT2D eigenvalue weighted by Gasteiger charge is -2.24. The number of ether oxygens (including phenoxy) is 1. The van der Waals surface area contributed by atoms with E-state index in [-0.39, 0.29) is 12.3 Å². The van der Waals surface area contributed by atoms with Crippen molar-refractivity contribution >= 4 is 23.3 Å².